The number of nitrogens with one attached hydrogen (secondary N) is 1. The molecule has 21 heavy (non-hydrogen) atoms. The van der Waals surface area contributed by atoms with Crippen molar-refractivity contribution in [2.24, 2.45) is 0 Å². The van der Waals surface area contributed by atoms with Gasteiger partial charge in [0, 0.05) is 18.2 Å². The molecule has 0 radical (unpaired) electrons. The summed E-state index contributed by atoms with van der Waals surface area (Å²) >= 11 is 0. The molecule has 8 heteroatoms. The second kappa shape index (κ2) is 5.36. The second-order valence-corrected chi connectivity index (χ2v) is 4.65. The summed E-state index contributed by atoms with van der Waals surface area (Å²) in [6, 6.07) is 3.35. The van der Waals surface area contributed by atoms with E-state index in [-0.39, 0.29) is 28.9 Å². The summed E-state index contributed by atoms with van der Waals surface area (Å²) in [5.74, 6) is -4.21. The van der Waals surface area contributed by atoms with E-state index in [4.69, 9.17) is 11.0 Å². The van der Waals surface area contributed by atoms with E-state index in [1.54, 1.807) is 0 Å². The standard InChI is InChI=1S/C13H12F3N5/c1-6(2)19-13-8(5-17)12(18)21(20-13)7-3-9(14)11(16)10(15)4-7/h3-4,6H,18H2,1-2H3,(H,19,20). The van der Waals surface area contributed by atoms with Crippen LogP contribution in [0.25, 0.3) is 5.69 Å². The first-order valence-corrected chi connectivity index (χ1v) is 6.05. The van der Waals surface area contributed by atoms with Gasteiger partial charge in [-0.05, 0) is 13.8 Å². The van der Waals surface area contributed by atoms with Gasteiger partial charge < -0.3 is 11.1 Å². The van der Waals surface area contributed by atoms with Crippen molar-refractivity contribution in [1.82, 2.24) is 9.78 Å². The molecule has 0 aliphatic rings. The molecule has 5 nitrogen and oxygen atoms in total. The molecule has 0 saturated carbocycles. The van der Waals surface area contributed by atoms with Crippen molar-refractivity contribution in [2.45, 2.75) is 19.9 Å². The van der Waals surface area contributed by atoms with Crippen molar-refractivity contribution in [1.29, 1.82) is 5.26 Å². The molecule has 2 aromatic rings. The van der Waals surface area contributed by atoms with E-state index in [1.807, 2.05) is 19.9 Å². The second-order valence-electron chi connectivity index (χ2n) is 4.65. The van der Waals surface area contributed by atoms with Crippen LogP contribution in [0.5, 0.6) is 0 Å². The lowest BCUT2D eigenvalue weighted by Crippen LogP contribution is -2.11. The van der Waals surface area contributed by atoms with E-state index in [9.17, 15) is 13.2 Å². The number of hydrogen-bond donors (Lipinski definition) is 2. The number of benzene rings is 1. The topological polar surface area (TPSA) is 79.7 Å². The van der Waals surface area contributed by atoms with Crippen LogP contribution in [-0.4, -0.2) is 15.8 Å². The monoisotopic (exact) mass is 295 g/mol. The summed E-state index contributed by atoms with van der Waals surface area (Å²) in [5.41, 5.74) is 5.70. The van der Waals surface area contributed by atoms with Gasteiger partial charge in [0.25, 0.3) is 0 Å². The Bertz CT molecular complexity index is 707. The van der Waals surface area contributed by atoms with E-state index < -0.39 is 17.5 Å². The average Bonchev–Trinajstić information content (AvgIpc) is 2.70. The predicted octanol–water partition coefficient (Wildman–Crippen LogP) is 2.56. The first kappa shape index (κ1) is 14.7. The number of nitriles is 1. The zero-order valence-corrected chi connectivity index (χ0v) is 11.3. The third-order valence-corrected chi connectivity index (χ3v) is 2.67. The van der Waals surface area contributed by atoms with Gasteiger partial charge in [-0.3, -0.25) is 0 Å². The molecule has 0 bridgehead atoms. The van der Waals surface area contributed by atoms with Crippen molar-refractivity contribution in [2.75, 3.05) is 11.1 Å². The Labute approximate surface area is 118 Å². The van der Waals surface area contributed by atoms with Crippen LogP contribution in [0.1, 0.15) is 19.4 Å². The Morgan fingerprint density at radius 3 is 2.33 bits per heavy atom. The minimum atomic E-state index is -1.58. The maximum absolute atomic E-state index is 13.3. The molecule has 0 aliphatic carbocycles. The van der Waals surface area contributed by atoms with Gasteiger partial charge in [0.05, 0.1) is 5.69 Å². The molecule has 0 atom stereocenters. The average molecular weight is 295 g/mol. The number of hydrogen-bond acceptors (Lipinski definition) is 4. The van der Waals surface area contributed by atoms with Gasteiger partial charge >= 0.3 is 0 Å². The highest BCUT2D eigenvalue weighted by atomic mass is 19.2. The van der Waals surface area contributed by atoms with Crippen LogP contribution in [0.2, 0.25) is 0 Å². The summed E-state index contributed by atoms with van der Waals surface area (Å²) in [6.07, 6.45) is 0. The Kier molecular flexibility index (Phi) is 3.76. The van der Waals surface area contributed by atoms with Crippen molar-refractivity contribution in [3.05, 3.63) is 35.1 Å². The maximum Gasteiger partial charge on any atom is 0.194 e. The molecule has 0 saturated heterocycles. The van der Waals surface area contributed by atoms with Crippen LogP contribution < -0.4 is 11.1 Å². The van der Waals surface area contributed by atoms with E-state index in [2.05, 4.69) is 10.4 Å². The molecule has 0 amide bonds. The molecule has 110 valence electrons. The van der Waals surface area contributed by atoms with Crippen molar-refractivity contribution < 1.29 is 13.2 Å². The molecule has 1 aromatic heterocycles. The van der Waals surface area contributed by atoms with Crippen LogP contribution in [0.4, 0.5) is 24.8 Å². The number of nitrogens with zero attached hydrogens (tertiary/aromatic N) is 3. The highest BCUT2D eigenvalue weighted by Gasteiger charge is 2.19. The third-order valence-electron chi connectivity index (χ3n) is 2.67. The number of nitrogen functional groups attached to an aromatic ring is 1. The van der Waals surface area contributed by atoms with Gasteiger partial charge in [-0.15, -0.1) is 5.10 Å². The highest BCUT2D eigenvalue weighted by Crippen LogP contribution is 2.26. The van der Waals surface area contributed by atoms with Crippen molar-refractivity contribution in [3.63, 3.8) is 0 Å². The lowest BCUT2D eigenvalue weighted by Gasteiger charge is -2.06. The van der Waals surface area contributed by atoms with Gasteiger partial charge in [0.15, 0.2) is 23.3 Å². The number of nitrogens with two attached hydrogens (primary N) is 1. The first-order valence-electron chi connectivity index (χ1n) is 6.05. The fourth-order valence-corrected chi connectivity index (χ4v) is 1.78. The van der Waals surface area contributed by atoms with Gasteiger partial charge in [-0.2, -0.15) is 5.26 Å². The van der Waals surface area contributed by atoms with Gasteiger partial charge in [-0.1, -0.05) is 0 Å². The molecule has 0 aliphatic heterocycles. The number of anilines is 2. The largest absolute Gasteiger partial charge is 0.382 e. The highest BCUT2D eigenvalue weighted by molar-refractivity contribution is 5.66. The minimum Gasteiger partial charge on any atom is -0.382 e. The lowest BCUT2D eigenvalue weighted by atomic mass is 10.2. The zero-order chi connectivity index (χ0) is 15.7. The Morgan fingerprint density at radius 2 is 1.86 bits per heavy atom. The number of aromatic nitrogens is 2. The zero-order valence-electron chi connectivity index (χ0n) is 11.3. The third kappa shape index (κ3) is 2.63. The summed E-state index contributed by atoms with van der Waals surface area (Å²) in [4.78, 5) is 0. The fraction of sp³-hybridized carbons (Fsp3) is 0.231. The van der Waals surface area contributed by atoms with Crippen LogP contribution in [0, 0.1) is 28.8 Å². The first-order chi connectivity index (χ1) is 9.85. The Balaban J connectivity index is 2.60. The van der Waals surface area contributed by atoms with Crippen molar-refractivity contribution in [3.8, 4) is 11.8 Å². The molecule has 0 unspecified atom stereocenters. The molecule has 1 heterocycles. The number of rotatable bonds is 3. The normalized spacial score (nSPS) is 10.7. The summed E-state index contributed by atoms with van der Waals surface area (Å²) < 4.78 is 40.5. The molecule has 0 fully saturated rings. The van der Waals surface area contributed by atoms with Crippen LogP contribution in [-0.2, 0) is 0 Å². The Hall–Kier alpha value is -2.69. The molecule has 0 spiro atoms. The predicted molar refractivity (Wildman–Crippen MR) is 71.3 cm³/mol. The van der Waals surface area contributed by atoms with E-state index in [0.29, 0.717) is 0 Å². The molecule has 3 N–H and O–H groups in total. The summed E-state index contributed by atoms with van der Waals surface area (Å²) in [6.45, 7) is 3.65. The lowest BCUT2D eigenvalue weighted by molar-refractivity contribution is 0.446. The molecule has 2 rings (SSSR count). The fourth-order valence-electron chi connectivity index (χ4n) is 1.78. The van der Waals surface area contributed by atoms with Gasteiger partial charge in [0.1, 0.15) is 17.5 Å². The van der Waals surface area contributed by atoms with Crippen LogP contribution >= 0.6 is 0 Å². The molecular formula is C13H12F3N5. The quantitative estimate of drug-likeness (QED) is 0.853. The van der Waals surface area contributed by atoms with E-state index in [1.165, 1.54) is 0 Å². The van der Waals surface area contributed by atoms with E-state index in [0.717, 1.165) is 16.8 Å². The van der Waals surface area contributed by atoms with Gasteiger partial charge in [-0.25, -0.2) is 17.9 Å². The summed E-state index contributed by atoms with van der Waals surface area (Å²) in [5, 5.41) is 16.0. The van der Waals surface area contributed by atoms with Crippen molar-refractivity contribution >= 4 is 11.6 Å². The van der Waals surface area contributed by atoms with Gasteiger partial charge in [0.2, 0.25) is 0 Å². The molecule has 1 aromatic carbocycles. The van der Waals surface area contributed by atoms with Crippen LogP contribution in [0.15, 0.2) is 12.1 Å². The van der Waals surface area contributed by atoms with E-state index >= 15 is 0 Å². The van der Waals surface area contributed by atoms with Crippen LogP contribution in [0.3, 0.4) is 0 Å². The minimum absolute atomic E-state index is 0.0264. The summed E-state index contributed by atoms with van der Waals surface area (Å²) in [7, 11) is 0. The Morgan fingerprint density at radius 1 is 1.29 bits per heavy atom. The number of halogens is 3. The SMILES string of the molecule is CC(C)Nc1nn(-c2cc(F)c(F)c(F)c2)c(N)c1C#N. The smallest absolute Gasteiger partial charge is 0.194 e. The maximum atomic E-state index is 13.3. The molecular weight excluding hydrogens is 283 g/mol.